The molecule has 16 heavy (non-hydrogen) atoms. The zero-order valence-electron chi connectivity index (χ0n) is 10.2. The van der Waals surface area contributed by atoms with Gasteiger partial charge in [0.1, 0.15) is 0 Å². The number of hydrogen-bond donors (Lipinski definition) is 0. The highest BCUT2D eigenvalue weighted by atomic mass is 35.5. The van der Waals surface area contributed by atoms with Crippen LogP contribution in [0.1, 0.15) is 46.0 Å². The highest BCUT2D eigenvalue weighted by molar-refractivity contribution is 5.43. The van der Waals surface area contributed by atoms with E-state index in [9.17, 15) is 0 Å². The third-order valence-electron chi connectivity index (χ3n) is 2.90. The zero-order valence-corrected chi connectivity index (χ0v) is 11.0. The summed E-state index contributed by atoms with van der Waals surface area (Å²) in [6.07, 6.45) is 8.56. The Labute approximate surface area is 103 Å². The number of rotatable bonds is 7. The average molecular weight is 245 g/mol. The van der Waals surface area contributed by atoms with Gasteiger partial charge in [-0.05, 0) is 19.3 Å². The molecule has 0 saturated carbocycles. The van der Waals surface area contributed by atoms with Crippen LogP contribution in [0.5, 0.6) is 0 Å². The van der Waals surface area contributed by atoms with Gasteiger partial charge in [0, 0.05) is 0 Å². The number of aromatic nitrogens is 2. The highest BCUT2D eigenvalue weighted by Crippen LogP contribution is 2.16. The van der Waals surface area contributed by atoms with Crippen LogP contribution in [-0.2, 0) is 13.1 Å². The molecule has 0 aliphatic carbocycles. The number of hydrogen-bond acceptors (Lipinski definition) is 1. The Kier molecular flexibility index (Phi) is 5.13. The summed E-state index contributed by atoms with van der Waals surface area (Å²) in [5, 5.41) is 0. The van der Waals surface area contributed by atoms with E-state index in [1.807, 2.05) is 0 Å². The summed E-state index contributed by atoms with van der Waals surface area (Å²) >= 11 is 0. The molecule has 3 aromatic heterocycles. The van der Waals surface area contributed by atoms with E-state index in [0.29, 0.717) is 0 Å². The molecule has 0 saturated heterocycles. The molecule has 0 aliphatic heterocycles. The summed E-state index contributed by atoms with van der Waals surface area (Å²) in [5.41, 5.74) is 1.04. The Balaban J connectivity index is 0.00000128. The first-order chi connectivity index (χ1) is 7.36. The van der Waals surface area contributed by atoms with E-state index in [0.717, 1.165) is 24.6 Å². The van der Waals surface area contributed by atoms with Crippen LogP contribution < -0.4 is 17.0 Å². The largest absolute Gasteiger partial charge is 1.00 e. The summed E-state index contributed by atoms with van der Waals surface area (Å²) in [4.78, 5) is 0. The van der Waals surface area contributed by atoms with Gasteiger partial charge in [0.15, 0.2) is 6.20 Å². The molecule has 3 heterocycles. The molecule has 0 fully saturated rings. The van der Waals surface area contributed by atoms with Gasteiger partial charge in [-0.15, -0.1) is 0 Å². The molecule has 0 spiro atoms. The second-order valence-electron chi connectivity index (χ2n) is 4.26. The van der Waals surface area contributed by atoms with Crippen LogP contribution in [0, 0.1) is 0 Å². The number of nitrogens with zero attached hydrogens (tertiary/aromatic N) is 2. The minimum absolute atomic E-state index is 0. The van der Waals surface area contributed by atoms with Gasteiger partial charge < -0.3 is 16.8 Å². The topological polar surface area (TPSA) is 21.9 Å². The minimum atomic E-state index is 0. The molecule has 92 valence electrons. The van der Waals surface area contributed by atoms with Crippen molar-refractivity contribution in [3.63, 3.8) is 0 Å². The van der Waals surface area contributed by atoms with Gasteiger partial charge in [-0.3, -0.25) is 0 Å². The van der Waals surface area contributed by atoms with Crippen molar-refractivity contribution in [1.82, 2.24) is 4.57 Å². The lowest BCUT2D eigenvalue weighted by Crippen LogP contribution is -3.00. The fourth-order valence-electron chi connectivity index (χ4n) is 2.06. The van der Waals surface area contributed by atoms with Crippen molar-refractivity contribution in [2.24, 2.45) is 0 Å². The predicted octanol–water partition coefficient (Wildman–Crippen LogP) is -0.0461. The van der Waals surface area contributed by atoms with E-state index in [1.54, 1.807) is 0 Å². The van der Waals surface area contributed by atoms with Crippen molar-refractivity contribution in [1.29, 1.82) is 0 Å². The SMILES string of the molecule is CCCCCC[n+]1cc2oc1n2CCC.[Cl-]. The van der Waals surface area contributed by atoms with Gasteiger partial charge in [0.25, 0.3) is 0 Å². The monoisotopic (exact) mass is 244 g/mol. The van der Waals surface area contributed by atoms with Crippen LogP contribution in [-0.4, -0.2) is 4.57 Å². The molecule has 0 unspecified atom stereocenters. The van der Waals surface area contributed by atoms with E-state index in [4.69, 9.17) is 4.42 Å². The summed E-state index contributed by atoms with van der Waals surface area (Å²) in [7, 11) is 0. The second-order valence-corrected chi connectivity index (χ2v) is 4.26. The van der Waals surface area contributed by atoms with Gasteiger partial charge in [0.05, 0.1) is 13.1 Å². The molecule has 0 radical (unpaired) electrons. The lowest BCUT2D eigenvalue weighted by molar-refractivity contribution is -0.674. The normalized spacial score (nSPS) is 11.1. The van der Waals surface area contributed by atoms with Crippen molar-refractivity contribution in [2.75, 3.05) is 0 Å². The number of unbranched alkanes of at least 4 members (excludes halogenated alkanes) is 3. The summed E-state index contributed by atoms with van der Waals surface area (Å²) in [6.45, 7) is 6.64. The van der Waals surface area contributed by atoms with Crippen LogP contribution in [0.3, 0.4) is 0 Å². The van der Waals surface area contributed by atoms with E-state index < -0.39 is 0 Å². The van der Waals surface area contributed by atoms with Crippen molar-refractivity contribution >= 4 is 11.6 Å². The molecule has 3 aromatic rings. The van der Waals surface area contributed by atoms with Crippen LogP contribution in [0.4, 0.5) is 0 Å². The van der Waals surface area contributed by atoms with Crippen LogP contribution in [0.15, 0.2) is 10.6 Å². The molecule has 0 N–H and O–H groups in total. The Bertz CT molecular complexity index is 393. The van der Waals surface area contributed by atoms with Gasteiger partial charge in [-0.2, -0.15) is 9.13 Å². The van der Waals surface area contributed by atoms with Crippen LogP contribution >= 0.6 is 0 Å². The number of halogens is 1. The molecule has 2 bridgehead atoms. The van der Waals surface area contributed by atoms with E-state index in [-0.39, 0.29) is 12.4 Å². The van der Waals surface area contributed by atoms with Crippen molar-refractivity contribution in [2.45, 2.75) is 59.0 Å². The maximum Gasteiger partial charge on any atom is 0.467 e. The Morgan fingerprint density at radius 1 is 1.19 bits per heavy atom. The molecule has 0 aliphatic rings. The molecule has 0 aromatic carbocycles. The summed E-state index contributed by atoms with van der Waals surface area (Å²) in [6, 6.07) is 0. The number of fused-ring (bicyclic) bond motifs is 1. The van der Waals surface area contributed by atoms with Gasteiger partial charge in [-0.25, -0.2) is 0 Å². The molecule has 4 heteroatoms. The third kappa shape index (κ3) is 2.51. The summed E-state index contributed by atoms with van der Waals surface area (Å²) < 4.78 is 10.0. The standard InChI is InChI=1S/C12H21N2O.ClH/c1-3-5-6-7-9-13-10-11-14(8-4-2)12(13)15-11;/h10H,3-9H2,1-2H3;1H/q+1;/p-1. The zero-order chi connectivity index (χ0) is 10.7. The summed E-state index contributed by atoms with van der Waals surface area (Å²) in [5.74, 6) is 1.06. The molecular weight excluding hydrogens is 224 g/mol. The second kappa shape index (κ2) is 6.14. The predicted molar refractivity (Wildman–Crippen MR) is 60.0 cm³/mol. The Hall–Kier alpha value is -0.700. The number of oxazole rings is 1. The highest BCUT2D eigenvalue weighted by Gasteiger charge is 2.26. The maximum atomic E-state index is 5.51. The first-order valence-corrected chi connectivity index (χ1v) is 6.17. The van der Waals surface area contributed by atoms with Crippen LogP contribution in [0.2, 0.25) is 0 Å². The van der Waals surface area contributed by atoms with Crippen LogP contribution in [0.25, 0.3) is 11.6 Å². The molecule has 0 atom stereocenters. The Morgan fingerprint density at radius 2 is 2.00 bits per heavy atom. The van der Waals surface area contributed by atoms with E-state index in [1.165, 1.54) is 32.1 Å². The molecule has 0 amide bonds. The number of imidazole rings is 1. The smallest absolute Gasteiger partial charge is 0.467 e. The van der Waals surface area contributed by atoms with Crippen molar-refractivity contribution in [3.8, 4) is 0 Å². The molecular formula is C12H21ClN2O. The first kappa shape index (κ1) is 13.4. The van der Waals surface area contributed by atoms with Gasteiger partial charge >= 0.3 is 11.6 Å². The Morgan fingerprint density at radius 3 is 2.69 bits per heavy atom. The molecule has 3 rings (SSSR count). The van der Waals surface area contributed by atoms with E-state index in [2.05, 4.69) is 29.2 Å². The minimum Gasteiger partial charge on any atom is -1.00 e. The fraction of sp³-hybridized carbons (Fsp3) is 0.750. The lowest BCUT2D eigenvalue weighted by atomic mass is 10.2. The lowest BCUT2D eigenvalue weighted by Gasteiger charge is -1.99. The van der Waals surface area contributed by atoms with E-state index >= 15 is 0 Å². The first-order valence-electron chi connectivity index (χ1n) is 6.17. The van der Waals surface area contributed by atoms with Crippen molar-refractivity contribution < 1.29 is 21.4 Å². The van der Waals surface area contributed by atoms with Gasteiger partial charge in [0.2, 0.25) is 0 Å². The fourth-order valence-corrected chi connectivity index (χ4v) is 2.06. The maximum absolute atomic E-state index is 5.51. The van der Waals surface area contributed by atoms with Gasteiger partial charge in [-0.1, -0.05) is 26.7 Å². The third-order valence-corrected chi connectivity index (χ3v) is 2.90. The average Bonchev–Trinajstić information content (AvgIpc) is 2.78. The number of aryl methyl sites for hydroxylation is 2. The molecule has 3 nitrogen and oxygen atoms in total. The van der Waals surface area contributed by atoms with Crippen molar-refractivity contribution in [3.05, 3.63) is 6.20 Å². The quantitative estimate of drug-likeness (QED) is 0.495.